The van der Waals surface area contributed by atoms with E-state index in [1.807, 2.05) is 30.3 Å². The number of rotatable bonds is 11. The first-order chi connectivity index (χ1) is 18.5. The average Bonchev–Trinajstić information content (AvgIpc) is 3.51. The van der Waals surface area contributed by atoms with Gasteiger partial charge in [0.15, 0.2) is 0 Å². The second-order valence-corrected chi connectivity index (χ2v) is 10.7. The third-order valence-corrected chi connectivity index (χ3v) is 7.84. The molecule has 0 saturated heterocycles. The summed E-state index contributed by atoms with van der Waals surface area (Å²) in [5.74, 6) is 0.281. The summed E-state index contributed by atoms with van der Waals surface area (Å²) in [5, 5.41) is 14.3. The number of nitriles is 1. The fourth-order valence-corrected chi connectivity index (χ4v) is 5.68. The Morgan fingerprint density at radius 1 is 1.03 bits per heavy atom. The summed E-state index contributed by atoms with van der Waals surface area (Å²) in [7, 11) is 0. The van der Waals surface area contributed by atoms with Crippen molar-refractivity contribution in [1.82, 2.24) is 10.3 Å². The van der Waals surface area contributed by atoms with Crippen LogP contribution in [0.15, 0.2) is 66.9 Å². The number of benzene rings is 3. The maximum absolute atomic E-state index is 13.7. The van der Waals surface area contributed by atoms with Gasteiger partial charge in [0.25, 0.3) is 0 Å². The summed E-state index contributed by atoms with van der Waals surface area (Å²) in [5.41, 5.74) is 7.14. The molecule has 1 unspecified atom stereocenters. The molecule has 1 aliphatic rings. The maximum atomic E-state index is 13.7. The van der Waals surface area contributed by atoms with Gasteiger partial charge in [0.2, 0.25) is 0 Å². The van der Waals surface area contributed by atoms with Crippen LogP contribution in [-0.4, -0.2) is 18.1 Å². The molecule has 3 aromatic carbocycles. The highest BCUT2D eigenvalue weighted by molar-refractivity contribution is 5.84. The molecule has 4 nitrogen and oxygen atoms in total. The van der Waals surface area contributed by atoms with Gasteiger partial charge in [-0.15, -0.1) is 0 Å². The zero-order chi connectivity index (χ0) is 26.5. The average molecular weight is 510 g/mol. The van der Waals surface area contributed by atoms with E-state index in [0.29, 0.717) is 18.1 Å². The van der Waals surface area contributed by atoms with Crippen LogP contribution in [0.5, 0.6) is 0 Å². The molecule has 0 bridgehead atoms. The molecule has 1 aromatic heterocycles. The fourth-order valence-electron chi connectivity index (χ4n) is 5.68. The van der Waals surface area contributed by atoms with Gasteiger partial charge in [0.1, 0.15) is 11.4 Å². The van der Waals surface area contributed by atoms with E-state index in [9.17, 15) is 9.65 Å². The van der Waals surface area contributed by atoms with Crippen molar-refractivity contribution in [3.8, 4) is 6.07 Å². The summed E-state index contributed by atoms with van der Waals surface area (Å²) >= 11 is 0. The Balaban J connectivity index is 1.14. The smallest absolute Gasteiger partial charge is 0.123 e. The predicted octanol–water partition coefficient (Wildman–Crippen LogP) is 7.47. The zero-order valence-corrected chi connectivity index (χ0v) is 22.3. The Morgan fingerprint density at radius 3 is 2.63 bits per heavy atom. The second kappa shape index (κ2) is 11.5. The van der Waals surface area contributed by atoms with Gasteiger partial charge in [-0.05, 0) is 115 Å². The SMILES string of the molecule is CC(C)c1ccc2[nH]cc(CCCNCCCCC3(c4ccc(F)cc4)OCc4cc(C#N)ccc43)c2c1. The van der Waals surface area contributed by atoms with Crippen molar-refractivity contribution < 1.29 is 9.13 Å². The summed E-state index contributed by atoms with van der Waals surface area (Å²) in [6.45, 7) is 6.87. The number of aromatic nitrogens is 1. The summed E-state index contributed by atoms with van der Waals surface area (Å²) < 4.78 is 20.1. The van der Waals surface area contributed by atoms with E-state index in [0.717, 1.165) is 61.9 Å². The molecule has 4 aromatic rings. The van der Waals surface area contributed by atoms with Crippen LogP contribution in [0.3, 0.4) is 0 Å². The van der Waals surface area contributed by atoms with E-state index < -0.39 is 5.60 Å². The monoisotopic (exact) mass is 509 g/mol. The van der Waals surface area contributed by atoms with Crippen molar-refractivity contribution in [2.45, 2.75) is 64.1 Å². The van der Waals surface area contributed by atoms with Crippen molar-refractivity contribution in [1.29, 1.82) is 5.26 Å². The molecule has 2 N–H and O–H groups in total. The Bertz CT molecular complexity index is 1430. The molecule has 38 heavy (non-hydrogen) atoms. The summed E-state index contributed by atoms with van der Waals surface area (Å²) in [6, 6.07) is 21.4. The number of hydrogen-bond donors (Lipinski definition) is 2. The van der Waals surface area contributed by atoms with E-state index >= 15 is 0 Å². The van der Waals surface area contributed by atoms with Crippen LogP contribution in [0.25, 0.3) is 10.9 Å². The van der Waals surface area contributed by atoms with Gasteiger partial charge >= 0.3 is 0 Å². The molecule has 0 saturated carbocycles. The lowest BCUT2D eigenvalue weighted by atomic mass is 9.81. The minimum Gasteiger partial charge on any atom is -0.361 e. The second-order valence-electron chi connectivity index (χ2n) is 10.7. The van der Waals surface area contributed by atoms with Crippen LogP contribution < -0.4 is 5.32 Å². The van der Waals surface area contributed by atoms with Gasteiger partial charge in [0, 0.05) is 17.1 Å². The molecule has 0 radical (unpaired) electrons. The lowest BCUT2D eigenvalue weighted by Crippen LogP contribution is -2.27. The molecular formula is C33H36FN3O. The van der Waals surface area contributed by atoms with Gasteiger partial charge in [-0.2, -0.15) is 5.26 Å². The van der Waals surface area contributed by atoms with Crippen molar-refractivity contribution in [2.24, 2.45) is 0 Å². The number of aromatic amines is 1. The number of unbranched alkanes of at least 4 members (excludes halogenated alkanes) is 1. The van der Waals surface area contributed by atoms with E-state index in [1.165, 1.54) is 34.2 Å². The minimum atomic E-state index is -0.596. The van der Waals surface area contributed by atoms with Gasteiger partial charge in [-0.25, -0.2) is 4.39 Å². The number of ether oxygens (including phenoxy) is 1. The highest BCUT2D eigenvalue weighted by Gasteiger charge is 2.41. The lowest BCUT2D eigenvalue weighted by molar-refractivity contribution is -0.0133. The van der Waals surface area contributed by atoms with Gasteiger partial charge in [0.05, 0.1) is 18.2 Å². The molecule has 0 spiro atoms. The summed E-state index contributed by atoms with van der Waals surface area (Å²) in [6.07, 6.45) is 7.12. The Hall–Kier alpha value is -3.46. The third kappa shape index (κ3) is 5.38. The fraction of sp³-hybridized carbons (Fsp3) is 0.364. The third-order valence-electron chi connectivity index (χ3n) is 7.84. The minimum absolute atomic E-state index is 0.251. The molecule has 0 amide bonds. The normalized spacial score (nSPS) is 16.7. The molecule has 0 fully saturated rings. The van der Waals surface area contributed by atoms with Crippen molar-refractivity contribution in [2.75, 3.05) is 13.1 Å². The van der Waals surface area contributed by atoms with E-state index in [2.05, 4.69) is 54.6 Å². The van der Waals surface area contributed by atoms with Crippen molar-refractivity contribution >= 4 is 10.9 Å². The first kappa shape index (κ1) is 26.2. The Morgan fingerprint density at radius 2 is 1.84 bits per heavy atom. The highest BCUT2D eigenvalue weighted by atomic mass is 19.1. The van der Waals surface area contributed by atoms with E-state index in [-0.39, 0.29) is 5.82 Å². The zero-order valence-electron chi connectivity index (χ0n) is 22.3. The van der Waals surface area contributed by atoms with E-state index in [4.69, 9.17) is 4.74 Å². The summed E-state index contributed by atoms with van der Waals surface area (Å²) in [4.78, 5) is 3.41. The molecule has 5 heteroatoms. The molecule has 1 aliphatic heterocycles. The van der Waals surface area contributed by atoms with Crippen LogP contribution in [0.4, 0.5) is 4.39 Å². The molecule has 0 aliphatic carbocycles. The van der Waals surface area contributed by atoms with Gasteiger partial charge < -0.3 is 15.0 Å². The number of nitrogens with one attached hydrogen (secondary N) is 2. The van der Waals surface area contributed by atoms with Gasteiger partial charge in [-0.3, -0.25) is 0 Å². The first-order valence-electron chi connectivity index (χ1n) is 13.7. The van der Waals surface area contributed by atoms with Crippen LogP contribution in [0, 0.1) is 17.1 Å². The molecule has 1 atom stereocenters. The Labute approximate surface area is 224 Å². The van der Waals surface area contributed by atoms with Crippen LogP contribution in [0.1, 0.15) is 78.8 Å². The van der Waals surface area contributed by atoms with Gasteiger partial charge in [-0.1, -0.05) is 38.1 Å². The van der Waals surface area contributed by atoms with Crippen LogP contribution >= 0.6 is 0 Å². The lowest BCUT2D eigenvalue weighted by Gasteiger charge is -2.30. The number of fused-ring (bicyclic) bond motifs is 2. The van der Waals surface area contributed by atoms with Crippen LogP contribution in [-0.2, 0) is 23.4 Å². The molecule has 196 valence electrons. The topological polar surface area (TPSA) is 60.8 Å². The standard InChI is InChI=1S/C33H36FN3O/c1-23(2)25-8-14-32-30(19-25)26(21-37-32)6-5-17-36-16-4-3-15-33(28-9-11-29(34)12-10-28)31-13-7-24(20-35)18-27(31)22-38-33/h7-14,18-19,21,23,36-37H,3-6,15-17,22H2,1-2H3. The number of aryl methyl sites for hydroxylation is 1. The van der Waals surface area contributed by atoms with Crippen molar-refractivity contribution in [3.05, 3.63) is 106 Å². The molecule has 5 rings (SSSR count). The quantitative estimate of drug-likeness (QED) is 0.206. The van der Waals surface area contributed by atoms with E-state index in [1.54, 1.807) is 0 Å². The maximum Gasteiger partial charge on any atom is 0.123 e. The molecule has 2 heterocycles. The predicted molar refractivity (Wildman–Crippen MR) is 151 cm³/mol. The number of halogens is 1. The number of H-pyrrole nitrogens is 1. The largest absolute Gasteiger partial charge is 0.361 e. The highest BCUT2D eigenvalue weighted by Crippen LogP contribution is 2.45. The number of hydrogen-bond acceptors (Lipinski definition) is 3. The molecular weight excluding hydrogens is 473 g/mol. The van der Waals surface area contributed by atoms with Crippen molar-refractivity contribution in [3.63, 3.8) is 0 Å². The number of nitrogens with zero attached hydrogens (tertiary/aromatic N) is 1. The first-order valence-corrected chi connectivity index (χ1v) is 13.7. The van der Waals surface area contributed by atoms with Crippen LogP contribution in [0.2, 0.25) is 0 Å². The Kier molecular flexibility index (Phi) is 7.93.